The molecule has 8 nitrogen and oxygen atoms in total. The minimum absolute atomic E-state index is 0.0340. The van der Waals surface area contributed by atoms with Gasteiger partial charge in [-0.25, -0.2) is 4.98 Å². The van der Waals surface area contributed by atoms with Crippen LogP contribution in [0.5, 0.6) is 0 Å². The predicted molar refractivity (Wildman–Crippen MR) is 129 cm³/mol. The van der Waals surface area contributed by atoms with Gasteiger partial charge in [0.2, 0.25) is 11.9 Å². The monoisotopic (exact) mass is 447 g/mol. The molecule has 4 aromatic rings. The van der Waals surface area contributed by atoms with Gasteiger partial charge in [0.05, 0.1) is 16.7 Å². The van der Waals surface area contributed by atoms with Crippen LogP contribution in [0, 0.1) is 0 Å². The second-order valence-electron chi connectivity index (χ2n) is 7.54. The van der Waals surface area contributed by atoms with E-state index in [9.17, 15) is 4.79 Å². The summed E-state index contributed by atoms with van der Waals surface area (Å²) in [4.78, 5) is 30.8. The number of nitrogens with one attached hydrogen (secondary N) is 1. The third kappa shape index (κ3) is 4.57. The van der Waals surface area contributed by atoms with Crippen molar-refractivity contribution in [3.05, 3.63) is 70.3 Å². The second-order valence-corrected chi connectivity index (χ2v) is 8.48. The van der Waals surface area contributed by atoms with E-state index in [1.165, 1.54) is 11.8 Å². The Morgan fingerprint density at radius 3 is 2.56 bits per heavy atom. The van der Waals surface area contributed by atoms with E-state index in [0.29, 0.717) is 33.6 Å². The van der Waals surface area contributed by atoms with Gasteiger partial charge in [-0.3, -0.25) is 9.36 Å². The summed E-state index contributed by atoms with van der Waals surface area (Å²) in [6.07, 6.45) is 0.882. The molecule has 0 unspecified atom stereocenters. The molecule has 32 heavy (non-hydrogen) atoms. The van der Waals surface area contributed by atoms with Crippen molar-refractivity contribution in [2.75, 3.05) is 11.1 Å². The number of anilines is 3. The van der Waals surface area contributed by atoms with Gasteiger partial charge >= 0.3 is 0 Å². The van der Waals surface area contributed by atoms with Crippen LogP contribution in [0.15, 0.2) is 58.5 Å². The number of nitrogen functional groups attached to an aromatic ring is 1. The van der Waals surface area contributed by atoms with E-state index in [4.69, 9.17) is 10.7 Å². The summed E-state index contributed by atoms with van der Waals surface area (Å²) in [6.45, 7) is 6.03. The maximum Gasteiger partial charge on any atom is 0.262 e. The third-order valence-corrected chi connectivity index (χ3v) is 5.91. The minimum atomic E-state index is -0.0539. The molecule has 0 amide bonds. The van der Waals surface area contributed by atoms with Crippen molar-refractivity contribution in [3.63, 3.8) is 0 Å². The smallest absolute Gasteiger partial charge is 0.262 e. The molecular formula is C23H25N7OS. The predicted octanol–water partition coefficient (Wildman–Crippen LogP) is 4.34. The Kier molecular flexibility index (Phi) is 6.36. The van der Waals surface area contributed by atoms with E-state index in [-0.39, 0.29) is 17.5 Å². The average Bonchev–Trinajstić information content (AvgIpc) is 2.77. The summed E-state index contributed by atoms with van der Waals surface area (Å²) in [5.41, 5.74) is 8.66. The zero-order chi connectivity index (χ0) is 22.7. The number of aromatic nitrogens is 5. The van der Waals surface area contributed by atoms with Gasteiger partial charge in [0, 0.05) is 11.7 Å². The van der Waals surface area contributed by atoms with E-state index in [2.05, 4.69) is 33.3 Å². The fourth-order valence-electron chi connectivity index (χ4n) is 3.44. The quantitative estimate of drug-likeness (QED) is 0.318. The number of benzene rings is 2. The van der Waals surface area contributed by atoms with E-state index in [1.807, 2.05) is 50.2 Å². The molecule has 0 fully saturated rings. The molecule has 0 radical (unpaired) electrons. The number of hydrogen-bond acceptors (Lipinski definition) is 8. The number of nitrogens with two attached hydrogens (primary N) is 1. The molecule has 2 aromatic carbocycles. The molecule has 0 aliphatic rings. The summed E-state index contributed by atoms with van der Waals surface area (Å²) >= 11 is 1.40. The first kappa shape index (κ1) is 21.8. The molecule has 0 saturated heterocycles. The molecule has 0 saturated carbocycles. The van der Waals surface area contributed by atoms with Gasteiger partial charge in [0.15, 0.2) is 5.16 Å². The number of rotatable bonds is 7. The van der Waals surface area contributed by atoms with Crippen molar-refractivity contribution >= 4 is 40.2 Å². The molecule has 0 atom stereocenters. The minimum Gasteiger partial charge on any atom is -0.368 e. The highest BCUT2D eigenvalue weighted by Crippen LogP contribution is 2.25. The summed E-state index contributed by atoms with van der Waals surface area (Å²) in [5.74, 6) is 1.44. The van der Waals surface area contributed by atoms with E-state index >= 15 is 0 Å². The fourth-order valence-corrected chi connectivity index (χ4v) is 4.42. The number of nitrogens with zero attached hydrogens (tertiary/aromatic N) is 5. The molecule has 164 valence electrons. The molecule has 9 heteroatoms. The van der Waals surface area contributed by atoms with Crippen LogP contribution in [-0.4, -0.2) is 24.5 Å². The molecule has 2 aromatic heterocycles. The van der Waals surface area contributed by atoms with Crippen molar-refractivity contribution in [2.24, 2.45) is 0 Å². The van der Waals surface area contributed by atoms with Crippen molar-refractivity contribution in [1.29, 1.82) is 0 Å². The summed E-state index contributed by atoms with van der Waals surface area (Å²) in [5, 5.41) is 4.47. The van der Waals surface area contributed by atoms with Gasteiger partial charge in [0.25, 0.3) is 5.56 Å². The topological polar surface area (TPSA) is 112 Å². The lowest BCUT2D eigenvalue weighted by Crippen LogP contribution is -2.25. The van der Waals surface area contributed by atoms with E-state index < -0.39 is 0 Å². The van der Waals surface area contributed by atoms with Gasteiger partial charge < -0.3 is 11.1 Å². The standard InChI is InChI=1S/C23H25N7OS/c1-4-15-9-5-7-11-17(15)25-22-28-19(27-21(24)29-22)13-32-23-26-18-12-8-6-10-16(18)20(31)30(23)14(2)3/h5-12,14H,4,13H2,1-3H3,(H3,24,25,27,28,29). The molecule has 0 spiro atoms. The SMILES string of the molecule is CCc1ccccc1Nc1nc(N)nc(CSc2nc3ccccc3c(=O)n2C(C)C)n1. The Labute approximate surface area is 190 Å². The number of aryl methyl sites for hydroxylation is 1. The summed E-state index contributed by atoms with van der Waals surface area (Å²) in [7, 11) is 0. The van der Waals surface area contributed by atoms with Crippen LogP contribution in [0.25, 0.3) is 10.9 Å². The van der Waals surface area contributed by atoms with E-state index in [0.717, 1.165) is 17.7 Å². The first-order valence-corrected chi connectivity index (χ1v) is 11.4. The normalized spacial score (nSPS) is 11.2. The molecule has 3 N–H and O–H groups in total. The molecule has 2 heterocycles. The lowest BCUT2D eigenvalue weighted by Gasteiger charge is -2.16. The molecule has 0 aliphatic carbocycles. The van der Waals surface area contributed by atoms with Crippen LogP contribution in [0.4, 0.5) is 17.6 Å². The van der Waals surface area contributed by atoms with Gasteiger partial charge in [-0.1, -0.05) is 49.0 Å². The van der Waals surface area contributed by atoms with Gasteiger partial charge in [-0.15, -0.1) is 0 Å². The van der Waals surface area contributed by atoms with Crippen LogP contribution in [0.2, 0.25) is 0 Å². The Balaban J connectivity index is 1.62. The molecular weight excluding hydrogens is 422 g/mol. The molecule has 0 bridgehead atoms. The van der Waals surface area contributed by atoms with E-state index in [1.54, 1.807) is 10.6 Å². The summed E-state index contributed by atoms with van der Waals surface area (Å²) in [6, 6.07) is 15.3. The highest BCUT2D eigenvalue weighted by Gasteiger charge is 2.15. The van der Waals surface area contributed by atoms with Gasteiger partial charge in [-0.2, -0.15) is 15.0 Å². The number of para-hydroxylation sites is 2. The number of hydrogen-bond donors (Lipinski definition) is 2. The van der Waals surface area contributed by atoms with Crippen LogP contribution < -0.4 is 16.6 Å². The second kappa shape index (κ2) is 9.35. The maximum atomic E-state index is 13.0. The lowest BCUT2D eigenvalue weighted by molar-refractivity contribution is 0.519. The summed E-state index contributed by atoms with van der Waals surface area (Å²) < 4.78 is 1.70. The van der Waals surface area contributed by atoms with Gasteiger partial charge in [-0.05, 0) is 44.0 Å². The van der Waals surface area contributed by atoms with Crippen molar-refractivity contribution < 1.29 is 0 Å². The number of fused-ring (bicyclic) bond motifs is 1. The van der Waals surface area contributed by atoms with Crippen LogP contribution >= 0.6 is 11.8 Å². The molecule has 4 rings (SSSR count). The first-order valence-electron chi connectivity index (χ1n) is 10.5. The Hall–Kier alpha value is -3.46. The Morgan fingerprint density at radius 1 is 1.03 bits per heavy atom. The van der Waals surface area contributed by atoms with Crippen LogP contribution in [-0.2, 0) is 12.2 Å². The zero-order valence-corrected chi connectivity index (χ0v) is 19.1. The highest BCUT2D eigenvalue weighted by molar-refractivity contribution is 7.98. The van der Waals surface area contributed by atoms with Crippen molar-refractivity contribution in [3.8, 4) is 0 Å². The van der Waals surface area contributed by atoms with Gasteiger partial charge in [0.1, 0.15) is 5.82 Å². The molecule has 0 aliphatic heterocycles. The maximum absolute atomic E-state index is 13.0. The third-order valence-electron chi connectivity index (χ3n) is 4.97. The van der Waals surface area contributed by atoms with Crippen LogP contribution in [0.1, 0.15) is 38.2 Å². The lowest BCUT2D eigenvalue weighted by atomic mass is 10.1. The zero-order valence-electron chi connectivity index (χ0n) is 18.2. The highest BCUT2D eigenvalue weighted by atomic mass is 32.2. The Bertz CT molecular complexity index is 1320. The van der Waals surface area contributed by atoms with Crippen LogP contribution in [0.3, 0.4) is 0 Å². The Morgan fingerprint density at radius 2 is 1.78 bits per heavy atom. The van der Waals surface area contributed by atoms with Crippen molar-refractivity contribution in [1.82, 2.24) is 24.5 Å². The fraction of sp³-hybridized carbons (Fsp3) is 0.261. The average molecular weight is 448 g/mol. The van der Waals surface area contributed by atoms with Crippen molar-refractivity contribution in [2.45, 2.75) is 44.1 Å². The first-order chi connectivity index (χ1) is 15.5. The number of thioether (sulfide) groups is 1. The largest absolute Gasteiger partial charge is 0.368 e.